The molecule has 0 aromatic heterocycles. The van der Waals surface area contributed by atoms with Crippen LogP contribution in [0.1, 0.15) is 74.9 Å². The number of carbonyl (C=O) groups is 2. The second kappa shape index (κ2) is 9.32. The molecule has 172 valence electrons. The molecule has 0 bridgehead atoms. The number of aryl methyl sites for hydroxylation is 4. The zero-order valence-corrected chi connectivity index (χ0v) is 21.1. The number of benzene rings is 2. The molecular formula is C28H36O4. The molecular weight excluding hydrogens is 400 g/mol. The van der Waals surface area contributed by atoms with Crippen molar-refractivity contribution in [1.29, 1.82) is 0 Å². The van der Waals surface area contributed by atoms with Crippen LogP contribution in [-0.2, 0) is 19.1 Å². The highest BCUT2D eigenvalue weighted by Gasteiger charge is 2.32. The van der Waals surface area contributed by atoms with Crippen molar-refractivity contribution < 1.29 is 19.1 Å². The third-order valence-corrected chi connectivity index (χ3v) is 5.24. The molecule has 0 unspecified atom stereocenters. The molecule has 2 aromatic rings. The maximum atomic E-state index is 13.1. The first-order chi connectivity index (χ1) is 14.6. The Kier molecular flexibility index (Phi) is 7.39. The Morgan fingerprint density at radius 1 is 0.562 bits per heavy atom. The fourth-order valence-electron chi connectivity index (χ4n) is 3.26. The number of ether oxygens (including phenoxy) is 2. The fourth-order valence-corrected chi connectivity index (χ4v) is 3.26. The van der Waals surface area contributed by atoms with Gasteiger partial charge in [-0.15, -0.1) is 0 Å². The van der Waals surface area contributed by atoms with Crippen molar-refractivity contribution >= 4 is 23.5 Å². The average Bonchev–Trinajstić information content (AvgIpc) is 2.64. The zero-order chi connectivity index (χ0) is 24.4. The predicted molar refractivity (Wildman–Crippen MR) is 130 cm³/mol. The topological polar surface area (TPSA) is 52.6 Å². The van der Waals surface area contributed by atoms with Gasteiger partial charge < -0.3 is 9.47 Å². The summed E-state index contributed by atoms with van der Waals surface area (Å²) in [4.78, 5) is 26.1. The normalized spacial score (nSPS) is 12.8. The minimum Gasteiger partial charge on any atom is -0.421 e. The summed E-state index contributed by atoms with van der Waals surface area (Å²) >= 11 is 0. The molecule has 0 N–H and O–H groups in total. The van der Waals surface area contributed by atoms with Crippen molar-refractivity contribution in [3.05, 3.63) is 69.8 Å². The quantitative estimate of drug-likeness (QED) is 0.296. The van der Waals surface area contributed by atoms with Crippen LogP contribution in [0.4, 0.5) is 0 Å². The zero-order valence-electron chi connectivity index (χ0n) is 21.1. The number of esters is 2. The van der Waals surface area contributed by atoms with E-state index in [1.54, 1.807) is 41.5 Å². The first kappa shape index (κ1) is 25.4. The van der Waals surface area contributed by atoms with Gasteiger partial charge in [0.2, 0.25) is 0 Å². The van der Waals surface area contributed by atoms with Gasteiger partial charge in [0.05, 0.1) is 10.8 Å². The number of hydrogen-bond acceptors (Lipinski definition) is 4. The van der Waals surface area contributed by atoms with E-state index < -0.39 is 22.8 Å². The average molecular weight is 437 g/mol. The Balaban J connectivity index is 2.97. The maximum Gasteiger partial charge on any atom is 0.316 e. The molecule has 0 aliphatic carbocycles. The molecule has 0 aliphatic rings. The van der Waals surface area contributed by atoms with Gasteiger partial charge in [0.1, 0.15) is 0 Å². The van der Waals surface area contributed by atoms with Crippen LogP contribution in [0.15, 0.2) is 36.4 Å². The summed E-state index contributed by atoms with van der Waals surface area (Å²) in [5, 5.41) is 0. The van der Waals surface area contributed by atoms with Gasteiger partial charge in [0.25, 0.3) is 0 Å². The van der Waals surface area contributed by atoms with Crippen LogP contribution in [0.3, 0.4) is 0 Å². The third-order valence-electron chi connectivity index (χ3n) is 5.24. The first-order valence-corrected chi connectivity index (χ1v) is 11.0. The van der Waals surface area contributed by atoms with E-state index in [-0.39, 0.29) is 11.5 Å². The standard InChI is InChI=1S/C28H36O4/c1-17-13-11-14-18(2)21(17)23(31-25(29)27(5,6)7)24(32-26(30)28(8,9)10)22-19(3)15-12-16-20(22)4/h11-16H,1-10H3/b24-23+. The monoisotopic (exact) mass is 436 g/mol. The lowest BCUT2D eigenvalue weighted by Crippen LogP contribution is -2.26. The molecule has 0 aliphatic heterocycles. The molecule has 0 heterocycles. The molecule has 0 atom stereocenters. The van der Waals surface area contributed by atoms with Gasteiger partial charge >= 0.3 is 11.9 Å². The van der Waals surface area contributed by atoms with Gasteiger partial charge in [-0.2, -0.15) is 0 Å². The van der Waals surface area contributed by atoms with Crippen molar-refractivity contribution in [1.82, 2.24) is 0 Å². The second-order valence-electron chi connectivity index (χ2n) is 10.5. The second-order valence-corrected chi connectivity index (χ2v) is 10.5. The van der Waals surface area contributed by atoms with Crippen LogP contribution >= 0.6 is 0 Å². The van der Waals surface area contributed by atoms with Crippen LogP contribution in [0.25, 0.3) is 11.5 Å². The Morgan fingerprint density at radius 2 is 0.812 bits per heavy atom. The van der Waals surface area contributed by atoms with Gasteiger partial charge in [0.15, 0.2) is 11.5 Å². The molecule has 2 rings (SSSR count). The lowest BCUT2D eigenvalue weighted by molar-refractivity contribution is -0.147. The third kappa shape index (κ3) is 5.67. The van der Waals surface area contributed by atoms with Gasteiger partial charge in [0, 0.05) is 11.1 Å². The van der Waals surface area contributed by atoms with Crippen LogP contribution in [-0.4, -0.2) is 11.9 Å². The molecule has 32 heavy (non-hydrogen) atoms. The lowest BCUT2D eigenvalue weighted by atomic mass is 9.93. The summed E-state index contributed by atoms with van der Waals surface area (Å²) in [5.74, 6) is -0.248. The van der Waals surface area contributed by atoms with E-state index in [1.165, 1.54) is 0 Å². The molecule has 0 saturated heterocycles. The summed E-state index contributed by atoms with van der Waals surface area (Å²) in [6.07, 6.45) is 0. The predicted octanol–water partition coefficient (Wildman–Crippen LogP) is 6.92. The smallest absolute Gasteiger partial charge is 0.316 e. The summed E-state index contributed by atoms with van der Waals surface area (Å²) in [6, 6.07) is 11.7. The highest BCUT2D eigenvalue weighted by atomic mass is 16.6. The lowest BCUT2D eigenvalue weighted by Gasteiger charge is -2.25. The van der Waals surface area contributed by atoms with E-state index in [0.717, 1.165) is 33.4 Å². The van der Waals surface area contributed by atoms with E-state index in [9.17, 15) is 9.59 Å². The molecule has 0 radical (unpaired) electrons. The van der Waals surface area contributed by atoms with Crippen LogP contribution < -0.4 is 0 Å². The first-order valence-electron chi connectivity index (χ1n) is 11.0. The van der Waals surface area contributed by atoms with Crippen molar-refractivity contribution in [3.63, 3.8) is 0 Å². The van der Waals surface area contributed by atoms with Gasteiger partial charge in [-0.25, -0.2) is 0 Å². The molecule has 0 fully saturated rings. The summed E-state index contributed by atoms with van der Waals surface area (Å²) in [5.41, 5.74) is 3.75. The molecule has 0 spiro atoms. The minimum absolute atomic E-state index is 0.274. The Hall–Kier alpha value is -2.88. The summed E-state index contributed by atoms with van der Waals surface area (Å²) in [7, 11) is 0. The summed E-state index contributed by atoms with van der Waals surface area (Å²) in [6.45, 7) is 18.7. The van der Waals surface area contributed by atoms with E-state index in [1.807, 2.05) is 64.1 Å². The van der Waals surface area contributed by atoms with Gasteiger partial charge in [-0.1, -0.05) is 36.4 Å². The van der Waals surface area contributed by atoms with Gasteiger partial charge in [-0.3, -0.25) is 9.59 Å². The fraction of sp³-hybridized carbons (Fsp3) is 0.429. The number of rotatable bonds is 4. The number of carbonyl (C=O) groups excluding carboxylic acids is 2. The van der Waals surface area contributed by atoms with Crippen molar-refractivity contribution in [2.75, 3.05) is 0 Å². The molecule has 0 amide bonds. The Morgan fingerprint density at radius 3 is 1.03 bits per heavy atom. The molecule has 4 heteroatoms. The molecule has 0 saturated carbocycles. The van der Waals surface area contributed by atoms with E-state index in [0.29, 0.717) is 0 Å². The maximum absolute atomic E-state index is 13.1. The van der Waals surface area contributed by atoms with Crippen LogP contribution in [0.2, 0.25) is 0 Å². The Bertz CT molecular complexity index is 934. The van der Waals surface area contributed by atoms with Crippen molar-refractivity contribution in [3.8, 4) is 0 Å². The minimum atomic E-state index is -0.734. The number of hydrogen-bond donors (Lipinski definition) is 0. The van der Waals surface area contributed by atoms with Crippen molar-refractivity contribution in [2.45, 2.75) is 69.2 Å². The van der Waals surface area contributed by atoms with E-state index in [4.69, 9.17) is 9.47 Å². The van der Waals surface area contributed by atoms with E-state index >= 15 is 0 Å². The summed E-state index contributed by atoms with van der Waals surface area (Å²) < 4.78 is 12.1. The van der Waals surface area contributed by atoms with Crippen molar-refractivity contribution in [2.24, 2.45) is 10.8 Å². The molecule has 2 aromatic carbocycles. The molecule has 4 nitrogen and oxygen atoms in total. The highest BCUT2D eigenvalue weighted by Crippen LogP contribution is 2.38. The Labute approximate surface area is 192 Å². The van der Waals surface area contributed by atoms with Crippen LogP contribution in [0.5, 0.6) is 0 Å². The SMILES string of the molecule is Cc1cccc(C)c1/C(OC(=O)C(C)(C)C)=C(\OC(=O)C(C)(C)C)c1c(C)cccc1C. The highest BCUT2D eigenvalue weighted by molar-refractivity contribution is 5.96. The van der Waals surface area contributed by atoms with Crippen LogP contribution in [0, 0.1) is 38.5 Å². The largest absolute Gasteiger partial charge is 0.421 e. The van der Waals surface area contributed by atoms with Gasteiger partial charge in [-0.05, 0) is 91.5 Å². The van der Waals surface area contributed by atoms with E-state index in [2.05, 4.69) is 0 Å².